The molecule has 3 atom stereocenters. The third kappa shape index (κ3) is 7.02. The van der Waals surface area contributed by atoms with Crippen LogP contribution in [-0.2, 0) is 14.0 Å². The molecule has 0 N–H and O–H groups in total. The molecule has 0 aliphatic heterocycles. The smallest absolute Gasteiger partial charge is 0.306 e. The van der Waals surface area contributed by atoms with Crippen LogP contribution in [0.4, 0.5) is 0 Å². The molecule has 4 heteroatoms. The predicted molar refractivity (Wildman–Crippen MR) is 122 cm³/mol. The zero-order chi connectivity index (χ0) is 21.0. The maximum Gasteiger partial charge on any atom is 0.306 e. The lowest BCUT2D eigenvalue weighted by Crippen LogP contribution is -2.50. The lowest BCUT2D eigenvalue weighted by atomic mass is 9.79. The number of unbranched alkanes of at least 4 members (excludes halogenated alkanes) is 3. The van der Waals surface area contributed by atoms with Crippen LogP contribution in [0, 0.1) is 11.8 Å². The SMILES string of the molecule is C=C[C@@H](CC(=O)OC)C[C@]1(O[Si](CC)(CC)CC)CCC[C@@H]1CCCCCC. The number of ether oxygens (including phenoxy) is 1. The molecular formula is C24H46O3Si. The Bertz CT molecular complexity index is 453. The third-order valence-electron chi connectivity index (χ3n) is 7.25. The molecule has 0 radical (unpaired) electrons. The Balaban J connectivity index is 3.06. The van der Waals surface area contributed by atoms with E-state index in [0.29, 0.717) is 12.3 Å². The molecule has 3 nitrogen and oxygen atoms in total. The van der Waals surface area contributed by atoms with E-state index < -0.39 is 8.32 Å². The molecule has 0 bridgehead atoms. The molecule has 1 fully saturated rings. The number of methoxy groups -OCH3 is 1. The fourth-order valence-corrected chi connectivity index (χ4v) is 8.31. The van der Waals surface area contributed by atoms with Crippen molar-refractivity contribution in [1.82, 2.24) is 0 Å². The van der Waals surface area contributed by atoms with Gasteiger partial charge in [0.1, 0.15) is 0 Å². The molecule has 164 valence electrons. The molecule has 1 aliphatic rings. The van der Waals surface area contributed by atoms with Gasteiger partial charge in [-0.05, 0) is 55.7 Å². The first kappa shape index (κ1) is 25.4. The Kier molecular flexibility index (Phi) is 11.7. The highest BCUT2D eigenvalue weighted by molar-refractivity contribution is 6.73. The highest BCUT2D eigenvalue weighted by Crippen LogP contribution is 2.49. The minimum Gasteiger partial charge on any atom is -0.469 e. The molecule has 0 amide bonds. The monoisotopic (exact) mass is 410 g/mol. The number of carbonyl (C=O) groups excluding carboxylic acids is 1. The molecule has 1 saturated carbocycles. The third-order valence-corrected chi connectivity index (χ3v) is 12.0. The number of hydrogen-bond acceptors (Lipinski definition) is 3. The van der Waals surface area contributed by atoms with E-state index in [4.69, 9.17) is 9.16 Å². The van der Waals surface area contributed by atoms with E-state index in [1.54, 1.807) is 0 Å². The molecule has 28 heavy (non-hydrogen) atoms. The van der Waals surface area contributed by atoms with Crippen LogP contribution in [-0.4, -0.2) is 27.0 Å². The summed E-state index contributed by atoms with van der Waals surface area (Å²) in [6.45, 7) is 13.3. The van der Waals surface area contributed by atoms with E-state index >= 15 is 0 Å². The average molecular weight is 411 g/mol. The average Bonchev–Trinajstić information content (AvgIpc) is 3.10. The van der Waals surface area contributed by atoms with Gasteiger partial charge in [0.25, 0.3) is 0 Å². The van der Waals surface area contributed by atoms with Gasteiger partial charge in [-0.3, -0.25) is 4.79 Å². The van der Waals surface area contributed by atoms with Crippen molar-refractivity contribution in [3.8, 4) is 0 Å². The van der Waals surface area contributed by atoms with Crippen LogP contribution in [0.25, 0.3) is 0 Å². The van der Waals surface area contributed by atoms with Crippen molar-refractivity contribution in [2.24, 2.45) is 11.8 Å². The second-order valence-electron chi connectivity index (χ2n) is 8.83. The molecule has 0 heterocycles. The minimum absolute atomic E-state index is 0.0622. The second-order valence-corrected chi connectivity index (χ2v) is 13.5. The fourth-order valence-electron chi connectivity index (χ4n) is 5.16. The van der Waals surface area contributed by atoms with Gasteiger partial charge in [-0.25, -0.2) is 0 Å². The van der Waals surface area contributed by atoms with Crippen molar-refractivity contribution in [3.63, 3.8) is 0 Å². The molecular weight excluding hydrogens is 364 g/mol. The van der Waals surface area contributed by atoms with Crippen molar-refractivity contribution in [3.05, 3.63) is 12.7 Å². The maximum absolute atomic E-state index is 11.9. The summed E-state index contributed by atoms with van der Waals surface area (Å²) in [5.41, 5.74) is -0.0622. The van der Waals surface area contributed by atoms with Crippen molar-refractivity contribution in [2.75, 3.05) is 7.11 Å². The van der Waals surface area contributed by atoms with Gasteiger partial charge in [0.2, 0.25) is 0 Å². The number of esters is 1. The van der Waals surface area contributed by atoms with Crippen LogP contribution in [0.3, 0.4) is 0 Å². The zero-order valence-electron chi connectivity index (χ0n) is 19.4. The van der Waals surface area contributed by atoms with Gasteiger partial charge in [-0.1, -0.05) is 65.9 Å². The van der Waals surface area contributed by atoms with Crippen molar-refractivity contribution in [1.29, 1.82) is 0 Å². The van der Waals surface area contributed by atoms with Gasteiger partial charge in [-0.15, -0.1) is 6.58 Å². The quantitative estimate of drug-likeness (QED) is 0.123. The van der Waals surface area contributed by atoms with E-state index in [2.05, 4.69) is 34.3 Å². The second kappa shape index (κ2) is 12.8. The van der Waals surface area contributed by atoms with Crippen molar-refractivity contribution < 1.29 is 14.0 Å². The summed E-state index contributed by atoms with van der Waals surface area (Å²) in [4.78, 5) is 11.9. The van der Waals surface area contributed by atoms with Crippen LogP contribution in [0.5, 0.6) is 0 Å². The van der Waals surface area contributed by atoms with Crippen molar-refractivity contribution in [2.45, 2.75) is 116 Å². The summed E-state index contributed by atoms with van der Waals surface area (Å²) >= 11 is 0. The van der Waals surface area contributed by atoms with E-state index in [9.17, 15) is 4.79 Å². The van der Waals surface area contributed by atoms with Gasteiger partial charge in [0.05, 0.1) is 19.1 Å². The molecule has 0 aromatic carbocycles. The Morgan fingerprint density at radius 1 is 1.18 bits per heavy atom. The number of carbonyl (C=O) groups is 1. The lowest BCUT2D eigenvalue weighted by molar-refractivity contribution is -0.141. The zero-order valence-corrected chi connectivity index (χ0v) is 20.4. The fraction of sp³-hybridized carbons (Fsp3) is 0.875. The highest BCUT2D eigenvalue weighted by atomic mass is 28.4. The first-order valence-corrected chi connectivity index (χ1v) is 14.4. The van der Waals surface area contributed by atoms with E-state index in [1.807, 2.05) is 6.08 Å². The van der Waals surface area contributed by atoms with Crippen LogP contribution in [0.1, 0.15) is 91.9 Å². The molecule has 0 spiro atoms. The van der Waals surface area contributed by atoms with Crippen LogP contribution < -0.4 is 0 Å². The predicted octanol–water partition coefficient (Wildman–Crippen LogP) is 7.27. The Morgan fingerprint density at radius 3 is 2.39 bits per heavy atom. The van der Waals surface area contributed by atoms with Gasteiger partial charge in [0, 0.05) is 0 Å². The number of allylic oxidation sites excluding steroid dienone is 1. The summed E-state index contributed by atoms with van der Waals surface area (Å²) in [5, 5.41) is 0. The summed E-state index contributed by atoms with van der Waals surface area (Å²) in [6.07, 6.45) is 13.5. The largest absolute Gasteiger partial charge is 0.469 e. The van der Waals surface area contributed by atoms with E-state index in [0.717, 1.165) is 12.8 Å². The van der Waals surface area contributed by atoms with Crippen molar-refractivity contribution >= 4 is 14.3 Å². The van der Waals surface area contributed by atoms with Gasteiger partial charge >= 0.3 is 5.97 Å². The summed E-state index contributed by atoms with van der Waals surface area (Å²) in [5.74, 6) is 0.629. The molecule has 0 aromatic rings. The molecule has 0 saturated heterocycles. The number of hydrogen-bond donors (Lipinski definition) is 0. The standard InChI is InChI=1S/C24H46O3Si/c1-7-12-13-14-16-22-17-15-18-24(22,27-28(9-3,10-4)11-5)20-21(8-2)19-23(25)26-6/h8,21-22H,2,7,9-20H2,1,3-6H3/t21-,22-,24+/m0/s1. The first-order valence-electron chi connectivity index (χ1n) is 11.8. The highest BCUT2D eigenvalue weighted by Gasteiger charge is 2.49. The van der Waals surface area contributed by atoms with Gasteiger partial charge < -0.3 is 9.16 Å². The number of rotatable bonds is 15. The van der Waals surface area contributed by atoms with Crippen LogP contribution in [0.15, 0.2) is 12.7 Å². The summed E-state index contributed by atoms with van der Waals surface area (Å²) in [7, 11) is -0.253. The molecule has 0 aromatic heterocycles. The molecule has 0 unspecified atom stereocenters. The van der Waals surface area contributed by atoms with E-state index in [-0.39, 0.29) is 17.5 Å². The topological polar surface area (TPSA) is 35.5 Å². The lowest BCUT2D eigenvalue weighted by Gasteiger charge is -2.45. The Hall–Kier alpha value is -0.613. The molecule has 1 rings (SSSR count). The maximum atomic E-state index is 11.9. The molecule has 1 aliphatic carbocycles. The Morgan fingerprint density at radius 2 is 1.86 bits per heavy atom. The normalized spacial score (nSPS) is 23.5. The van der Waals surface area contributed by atoms with E-state index in [1.165, 1.54) is 70.2 Å². The Labute approximate surface area is 175 Å². The van der Waals surface area contributed by atoms with Crippen LogP contribution in [0.2, 0.25) is 18.1 Å². The summed E-state index contributed by atoms with van der Waals surface area (Å²) in [6, 6.07) is 3.54. The summed E-state index contributed by atoms with van der Waals surface area (Å²) < 4.78 is 12.2. The minimum atomic E-state index is -1.73. The van der Waals surface area contributed by atoms with Gasteiger partial charge in [0.15, 0.2) is 8.32 Å². The first-order chi connectivity index (χ1) is 13.4. The van der Waals surface area contributed by atoms with Gasteiger partial charge in [-0.2, -0.15) is 0 Å². The van der Waals surface area contributed by atoms with Crippen LogP contribution >= 0.6 is 0 Å².